The molecule has 0 spiro atoms. The third-order valence-corrected chi connectivity index (χ3v) is 4.06. The van der Waals surface area contributed by atoms with Crippen LogP contribution in [0.5, 0.6) is 0 Å². The summed E-state index contributed by atoms with van der Waals surface area (Å²) in [4.78, 5) is 11.1. The molecule has 0 aliphatic rings. The molecule has 4 heteroatoms. The van der Waals surface area contributed by atoms with E-state index in [1.54, 1.807) is 0 Å². The third kappa shape index (κ3) is 2.20. The predicted molar refractivity (Wildman–Crippen MR) is 85.7 cm³/mol. The fourth-order valence-electron chi connectivity index (χ4n) is 2.65. The SMILES string of the molecule is Cc1ccc2c(c1)c1cc(Br)ccc1n2CCC(N)=O. The van der Waals surface area contributed by atoms with Crippen molar-refractivity contribution in [2.75, 3.05) is 0 Å². The summed E-state index contributed by atoms with van der Waals surface area (Å²) in [5.74, 6) is -0.274. The van der Waals surface area contributed by atoms with Gasteiger partial charge in [0.05, 0.1) is 0 Å². The maximum atomic E-state index is 11.1. The number of hydrogen-bond acceptors (Lipinski definition) is 1. The molecule has 3 aromatic rings. The number of hydrogen-bond donors (Lipinski definition) is 1. The monoisotopic (exact) mass is 330 g/mol. The Balaban J connectivity index is 2.31. The summed E-state index contributed by atoms with van der Waals surface area (Å²) in [5, 5.41) is 2.41. The maximum absolute atomic E-state index is 11.1. The van der Waals surface area contributed by atoms with E-state index in [1.807, 2.05) is 6.07 Å². The van der Waals surface area contributed by atoms with Gasteiger partial charge in [0, 0.05) is 39.2 Å². The molecule has 20 heavy (non-hydrogen) atoms. The van der Waals surface area contributed by atoms with Crippen molar-refractivity contribution < 1.29 is 4.79 Å². The van der Waals surface area contributed by atoms with E-state index in [-0.39, 0.29) is 5.91 Å². The van der Waals surface area contributed by atoms with Crippen LogP contribution >= 0.6 is 15.9 Å². The Morgan fingerprint density at radius 2 is 1.80 bits per heavy atom. The number of halogens is 1. The molecule has 0 aliphatic heterocycles. The summed E-state index contributed by atoms with van der Waals surface area (Å²) in [6, 6.07) is 12.6. The molecule has 0 fully saturated rings. The first-order valence-corrected chi connectivity index (χ1v) is 7.32. The lowest BCUT2D eigenvalue weighted by Crippen LogP contribution is -2.13. The van der Waals surface area contributed by atoms with Crippen LogP contribution in [-0.2, 0) is 11.3 Å². The lowest BCUT2D eigenvalue weighted by molar-refractivity contribution is -0.118. The van der Waals surface area contributed by atoms with Crippen molar-refractivity contribution in [3.63, 3.8) is 0 Å². The second-order valence-electron chi connectivity index (χ2n) is 5.05. The van der Waals surface area contributed by atoms with Crippen LogP contribution in [0, 0.1) is 6.92 Å². The van der Waals surface area contributed by atoms with Crippen molar-refractivity contribution >= 4 is 43.6 Å². The number of nitrogens with two attached hydrogens (primary N) is 1. The molecule has 0 bridgehead atoms. The van der Waals surface area contributed by atoms with E-state index >= 15 is 0 Å². The fraction of sp³-hybridized carbons (Fsp3) is 0.188. The number of aryl methyl sites for hydroxylation is 2. The highest BCUT2D eigenvalue weighted by molar-refractivity contribution is 9.10. The summed E-state index contributed by atoms with van der Waals surface area (Å²) in [5.41, 5.74) is 8.79. The first-order valence-electron chi connectivity index (χ1n) is 6.52. The van der Waals surface area contributed by atoms with Gasteiger partial charge in [-0.05, 0) is 37.3 Å². The van der Waals surface area contributed by atoms with Gasteiger partial charge in [-0.1, -0.05) is 27.6 Å². The zero-order chi connectivity index (χ0) is 14.3. The Morgan fingerprint density at radius 1 is 1.15 bits per heavy atom. The number of benzene rings is 2. The quantitative estimate of drug-likeness (QED) is 0.781. The zero-order valence-corrected chi connectivity index (χ0v) is 12.8. The van der Waals surface area contributed by atoms with Crippen LogP contribution in [-0.4, -0.2) is 10.5 Å². The lowest BCUT2D eigenvalue weighted by atomic mass is 10.1. The van der Waals surface area contributed by atoms with Gasteiger partial charge in [-0.25, -0.2) is 0 Å². The normalized spacial score (nSPS) is 11.3. The van der Waals surface area contributed by atoms with E-state index in [0.717, 1.165) is 15.5 Å². The third-order valence-electron chi connectivity index (χ3n) is 3.56. The molecule has 2 aromatic carbocycles. The summed E-state index contributed by atoms with van der Waals surface area (Å²) in [6.45, 7) is 2.70. The van der Waals surface area contributed by atoms with Gasteiger partial charge in [-0.2, -0.15) is 0 Å². The van der Waals surface area contributed by atoms with Crippen LogP contribution in [0.1, 0.15) is 12.0 Å². The first kappa shape index (κ1) is 13.2. The minimum Gasteiger partial charge on any atom is -0.370 e. The summed E-state index contributed by atoms with van der Waals surface area (Å²) >= 11 is 3.52. The van der Waals surface area contributed by atoms with E-state index in [2.05, 4.69) is 57.8 Å². The number of fused-ring (bicyclic) bond motifs is 3. The van der Waals surface area contributed by atoms with Gasteiger partial charge in [0.15, 0.2) is 0 Å². The van der Waals surface area contributed by atoms with Crippen LogP contribution < -0.4 is 5.73 Å². The average Bonchev–Trinajstić information content (AvgIpc) is 2.69. The standard InChI is InChI=1S/C16H15BrN2O/c1-10-2-4-14-12(8-10)13-9-11(17)3-5-15(13)19(14)7-6-16(18)20/h2-5,8-9H,6-7H2,1H3,(H2,18,20). The smallest absolute Gasteiger partial charge is 0.219 e. The summed E-state index contributed by atoms with van der Waals surface area (Å²) in [7, 11) is 0. The number of primary amides is 1. The van der Waals surface area contributed by atoms with Crippen molar-refractivity contribution in [3.05, 3.63) is 46.4 Å². The number of carbonyl (C=O) groups is 1. The molecule has 2 N–H and O–H groups in total. The Kier molecular flexibility index (Phi) is 3.26. The van der Waals surface area contributed by atoms with Crippen molar-refractivity contribution in [2.24, 2.45) is 5.73 Å². The summed E-state index contributed by atoms with van der Waals surface area (Å²) < 4.78 is 3.22. The molecule has 0 radical (unpaired) electrons. The van der Waals surface area contributed by atoms with Crippen LogP contribution in [0.3, 0.4) is 0 Å². The number of amides is 1. The van der Waals surface area contributed by atoms with Crippen molar-refractivity contribution in [3.8, 4) is 0 Å². The molecule has 1 heterocycles. The van der Waals surface area contributed by atoms with Crippen LogP contribution in [0.2, 0.25) is 0 Å². The van der Waals surface area contributed by atoms with Crippen LogP contribution in [0.15, 0.2) is 40.9 Å². The molecular weight excluding hydrogens is 316 g/mol. The largest absolute Gasteiger partial charge is 0.370 e. The number of rotatable bonds is 3. The minimum absolute atomic E-state index is 0.274. The lowest BCUT2D eigenvalue weighted by Gasteiger charge is -2.05. The highest BCUT2D eigenvalue weighted by Crippen LogP contribution is 2.31. The number of aromatic nitrogens is 1. The highest BCUT2D eigenvalue weighted by Gasteiger charge is 2.11. The van der Waals surface area contributed by atoms with Gasteiger partial charge < -0.3 is 10.3 Å². The first-order chi connectivity index (χ1) is 9.56. The van der Waals surface area contributed by atoms with Crippen LogP contribution in [0.25, 0.3) is 21.8 Å². The molecule has 0 saturated heterocycles. The Morgan fingerprint density at radius 3 is 2.50 bits per heavy atom. The van der Waals surface area contributed by atoms with Crippen molar-refractivity contribution in [1.29, 1.82) is 0 Å². The van der Waals surface area contributed by atoms with E-state index < -0.39 is 0 Å². The van der Waals surface area contributed by atoms with E-state index in [9.17, 15) is 4.79 Å². The van der Waals surface area contributed by atoms with Gasteiger partial charge in [0.25, 0.3) is 0 Å². The molecule has 0 unspecified atom stereocenters. The maximum Gasteiger partial charge on any atom is 0.219 e. The number of carbonyl (C=O) groups excluding carboxylic acids is 1. The van der Waals surface area contributed by atoms with Gasteiger partial charge in [0.2, 0.25) is 5.91 Å². The van der Waals surface area contributed by atoms with E-state index in [1.165, 1.54) is 16.3 Å². The molecule has 102 valence electrons. The van der Waals surface area contributed by atoms with Gasteiger partial charge in [-0.15, -0.1) is 0 Å². The zero-order valence-electron chi connectivity index (χ0n) is 11.2. The minimum atomic E-state index is -0.274. The van der Waals surface area contributed by atoms with E-state index in [0.29, 0.717) is 13.0 Å². The highest BCUT2D eigenvalue weighted by atomic mass is 79.9. The van der Waals surface area contributed by atoms with Crippen molar-refractivity contribution in [2.45, 2.75) is 19.9 Å². The molecule has 0 atom stereocenters. The summed E-state index contributed by atoms with van der Waals surface area (Å²) in [6.07, 6.45) is 0.350. The Hall–Kier alpha value is -1.81. The van der Waals surface area contributed by atoms with Gasteiger partial charge in [0.1, 0.15) is 0 Å². The Labute approximate surface area is 125 Å². The van der Waals surface area contributed by atoms with Gasteiger partial charge in [-0.3, -0.25) is 4.79 Å². The molecule has 3 nitrogen and oxygen atoms in total. The van der Waals surface area contributed by atoms with E-state index in [4.69, 9.17) is 5.73 Å². The molecule has 0 aliphatic carbocycles. The fourth-order valence-corrected chi connectivity index (χ4v) is 3.01. The second-order valence-corrected chi connectivity index (χ2v) is 5.97. The second kappa shape index (κ2) is 4.94. The molecule has 1 amide bonds. The molecule has 1 aromatic heterocycles. The van der Waals surface area contributed by atoms with Gasteiger partial charge >= 0.3 is 0 Å². The Bertz CT molecular complexity index is 761. The topological polar surface area (TPSA) is 48.0 Å². The van der Waals surface area contributed by atoms with Crippen molar-refractivity contribution in [1.82, 2.24) is 4.57 Å². The molecular formula is C16H15BrN2O. The van der Waals surface area contributed by atoms with Crippen LogP contribution in [0.4, 0.5) is 0 Å². The molecule has 3 rings (SSSR count). The average molecular weight is 331 g/mol. The molecule has 0 saturated carbocycles. The number of nitrogens with zero attached hydrogens (tertiary/aromatic N) is 1. The predicted octanol–water partition coefficient (Wildman–Crippen LogP) is 3.74.